The number of likely N-dealkylation sites (N-methyl/N-ethyl adjacent to an activating group) is 2. The van der Waals surface area contributed by atoms with Crippen molar-refractivity contribution < 1.29 is 4.79 Å². The summed E-state index contributed by atoms with van der Waals surface area (Å²) in [6, 6.07) is 6.19. The van der Waals surface area contributed by atoms with Crippen molar-refractivity contribution >= 4 is 11.6 Å². The van der Waals surface area contributed by atoms with Gasteiger partial charge in [0.2, 0.25) is 5.91 Å². The normalized spacial score (nSPS) is 20.0. The van der Waals surface area contributed by atoms with E-state index in [0.29, 0.717) is 6.54 Å². The third-order valence-electron chi connectivity index (χ3n) is 4.00. The smallest absolute Gasteiger partial charge is 0.246 e. The number of benzene rings is 1. The molecule has 0 spiro atoms. The van der Waals surface area contributed by atoms with Crippen LogP contribution in [0.15, 0.2) is 18.2 Å². The molecule has 1 amide bonds. The van der Waals surface area contributed by atoms with Crippen LogP contribution in [0.3, 0.4) is 0 Å². The highest BCUT2D eigenvalue weighted by Gasteiger charge is 2.33. The monoisotopic (exact) mass is 261 g/mol. The van der Waals surface area contributed by atoms with Gasteiger partial charge in [-0.3, -0.25) is 4.79 Å². The summed E-state index contributed by atoms with van der Waals surface area (Å²) in [6.07, 6.45) is 0. The third-order valence-corrected chi connectivity index (χ3v) is 4.00. The van der Waals surface area contributed by atoms with Crippen LogP contribution >= 0.6 is 0 Å². The minimum atomic E-state index is -0.107. The second kappa shape index (κ2) is 5.61. The SMILES string of the molecule is CNCC1C(=O)N(C)CCN1c1cccc(C)c1C. The lowest BCUT2D eigenvalue weighted by molar-refractivity contribution is -0.132. The largest absolute Gasteiger partial charge is 0.356 e. The van der Waals surface area contributed by atoms with E-state index in [1.807, 2.05) is 19.0 Å². The van der Waals surface area contributed by atoms with Gasteiger partial charge in [0.05, 0.1) is 0 Å². The fourth-order valence-electron chi connectivity index (χ4n) is 2.64. The average Bonchev–Trinajstić information content (AvgIpc) is 2.39. The Morgan fingerprint density at radius 2 is 2.05 bits per heavy atom. The van der Waals surface area contributed by atoms with Crippen LogP contribution in [0.25, 0.3) is 0 Å². The number of anilines is 1. The molecule has 0 aliphatic carbocycles. The van der Waals surface area contributed by atoms with Crippen LogP contribution < -0.4 is 10.2 Å². The zero-order valence-corrected chi connectivity index (χ0v) is 12.2. The Hall–Kier alpha value is -1.55. The van der Waals surface area contributed by atoms with Gasteiger partial charge < -0.3 is 15.1 Å². The van der Waals surface area contributed by atoms with Crippen molar-refractivity contribution in [2.75, 3.05) is 38.6 Å². The lowest BCUT2D eigenvalue weighted by Crippen LogP contribution is -2.59. The van der Waals surface area contributed by atoms with Crippen molar-refractivity contribution in [3.63, 3.8) is 0 Å². The first kappa shape index (κ1) is 13.9. The van der Waals surface area contributed by atoms with Gasteiger partial charge in [0.1, 0.15) is 6.04 Å². The van der Waals surface area contributed by atoms with Gasteiger partial charge in [-0.1, -0.05) is 12.1 Å². The maximum Gasteiger partial charge on any atom is 0.246 e. The first-order valence-electron chi connectivity index (χ1n) is 6.78. The van der Waals surface area contributed by atoms with E-state index in [4.69, 9.17) is 0 Å². The lowest BCUT2D eigenvalue weighted by Gasteiger charge is -2.41. The molecular weight excluding hydrogens is 238 g/mol. The molecule has 19 heavy (non-hydrogen) atoms. The first-order valence-corrected chi connectivity index (χ1v) is 6.78. The first-order chi connectivity index (χ1) is 9.06. The van der Waals surface area contributed by atoms with Crippen LogP contribution in [0.5, 0.6) is 0 Å². The number of rotatable bonds is 3. The van der Waals surface area contributed by atoms with Crippen molar-refractivity contribution in [2.24, 2.45) is 0 Å². The maximum absolute atomic E-state index is 12.3. The molecule has 0 saturated carbocycles. The summed E-state index contributed by atoms with van der Waals surface area (Å²) in [5, 5.41) is 3.13. The molecule has 1 N–H and O–H groups in total. The van der Waals surface area contributed by atoms with Gasteiger partial charge in [0.25, 0.3) is 0 Å². The molecule has 1 fully saturated rings. The Kier molecular flexibility index (Phi) is 4.10. The number of aryl methyl sites for hydroxylation is 1. The van der Waals surface area contributed by atoms with Gasteiger partial charge >= 0.3 is 0 Å². The van der Waals surface area contributed by atoms with Crippen LogP contribution in [0.1, 0.15) is 11.1 Å². The molecule has 2 rings (SSSR count). The Balaban J connectivity index is 2.35. The molecule has 1 unspecified atom stereocenters. The summed E-state index contributed by atoms with van der Waals surface area (Å²) in [4.78, 5) is 16.4. The van der Waals surface area contributed by atoms with E-state index in [1.54, 1.807) is 0 Å². The highest BCUT2D eigenvalue weighted by molar-refractivity contribution is 5.87. The molecule has 4 heteroatoms. The summed E-state index contributed by atoms with van der Waals surface area (Å²) in [5.74, 6) is 0.196. The number of hydrogen-bond donors (Lipinski definition) is 1. The van der Waals surface area contributed by atoms with Gasteiger partial charge in [-0.25, -0.2) is 0 Å². The number of amides is 1. The van der Waals surface area contributed by atoms with Crippen LogP contribution in [0.4, 0.5) is 5.69 Å². The Labute approximate surface area is 115 Å². The molecule has 0 bridgehead atoms. The number of carbonyl (C=O) groups is 1. The average molecular weight is 261 g/mol. The molecular formula is C15H23N3O. The Morgan fingerprint density at radius 1 is 1.32 bits per heavy atom. The molecule has 1 aromatic carbocycles. The molecule has 1 heterocycles. The maximum atomic E-state index is 12.3. The van der Waals surface area contributed by atoms with Crippen LogP contribution in [0.2, 0.25) is 0 Å². The second-order valence-electron chi connectivity index (χ2n) is 5.25. The summed E-state index contributed by atoms with van der Waals surface area (Å²) in [7, 11) is 3.77. The molecule has 1 aliphatic rings. The van der Waals surface area contributed by atoms with Gasteiger partial charge in [-0.05, 0) is 38.1 Å². The molecule has 4 nitrogen and oxygen atoms in total. The molecule has 0 radical (unpaired) electrons. The summed E-state index contributed by atoms with van der Waals surface area (Å²) < 4.78 is 0. The van der Waals surface area contributed by atoms with E-state index in [0.717, 1.165) is 13.1 Å². The summed E-state index contributed by atoms with van der Waals surface area (Å²) in [5.41, 5.74) is 3.72. The molecule has 1 saturated heterocycles. The highest BCUT2D eigenvalue weighted by atomic mass is 16.2. The Bertz CT molecular complexity index is 472. The molecule has 1 atom stereocenters. The molecule has 1 aliphatic heterocycles. The van der Waals surface area contributed by atoms with Crippen molar-refractivity contribution in [3.8, 4) is 0 Å². The highest BCUT2D eigenvalue weighted by Crippen LogP contribution is 2.26. The number of nitrogens with zero attached hydrogens (tertiary/aromatic N) is 2. The van der Waals surface area contributed by atoms with Gasteiger partial charge in [-0.15, -0.1) is 0 Å². The fourth-order valence-corrected chi connectivity index (χ4v) is 2.64. The quantitative estimate of drug-likeness (QED) is 0.887. The third kappa shape index (κ3) is 2.59. The zero-order chi connectivity index (χ0) is 14.0. The van der Waals surface area contributed by atoms with Crippen molar-refractivity contribution in [2.45, 2.75) is 19.9 Å². The van der Waals surface area contributed by atoms with Gasteiger partial charge in [0, 0.05) is 32.4 Å². The lowest BCUT2D eigenvalue weighted by atomic mass is 10.0. The van der Waals surface area contributed by atoms with Crippen molar-refractivity contribution in [1.82, 2.24) is 10.2 Å². The predicted octanol–water partition coefficient (Wildman–Crippen LogP) is 1.17. The number of hydrogen-bond acceptors (Lipinski definition) is 3. The Morgan fingerprint density at radius 3 is 2.74 bits per heavy atom. The zero-order valence-electron chi connectivity index (χ0n) is 12.2. The minimum absolute atomic E-state index is 0.107. The van der Waals surface area contributed by atoms with E-state index in [-0.39, 0.29) is 11.9 Å². The standard InChI is InChI=1S/C15H23N3O/c1-11-6-5-7-13(12(11)2)18-9-8-17(4)15(19)14(18)10-16-3/h5-7,14,16H,8-10H2,1-4H3. The van der Waals surface area contributed by atoms with E-state index >= 15 is 0 Å². The fraction of sp³-hybridized carbons (Fsp3) is 0.533. The van der Waals surface area contributed by atoms with Crippen LogP contribution in [0, 0.1) is 13.8 Å². The van der Waals surface area contributed by atoms with Crippen LogP contribution in [-0.2, 0) is 4.79 Å². The van der Waals surface area contributed by atoms with E-state index in [1.165, 1.54) is 16.8 Å². The minimum Gasteiger partial charge on any atom is -0.356 e. The van der Waals surface area contributed by atoms with Gasteiger partial charge in [-0.2, -0.15) is 0 Å². The van der Waals surface area contributed by atoms with E-state index in [2.05, 4.69) is 42.3 Å². The number of carbonyl (C=O) groups excluding carboxylic acids is 1. The van der Waals surface area contributed by atoms with E-state index in [9.17, 15) is 4.79 Å². The summed E-state index contributed by atoms with van der Waals surface area (Å²) >= 11 is 0. The van der Waals surface area contributed by atoms with Gasteiger partial charge in [0.15, 0.2) is 0 Å². The molecule has 104 valence electrons. The summed E-state index contributed by atoms with van der Waals surface area (Å²) in [6.45, 7) is 6.59. The van der Waals surface area contributed by atoms with Crippen molar-refractivity contribution in [3.05, 3.63) is 29.3 Å². The number of nitrogens with one attached hydrogen (secondary N) is 1. The van der Waals surface area contributed by atoms with Crippen LogP contribution in [-0.4, -0.2) is 50.6 Å². The topological polar surface area (TPSA) is 35.6 Å². The molecule has 0 aromatic heterocycles. The predicted molar refractivity (Wildman–Crippen MR) is 78.6 cm³/mol. The van der Waals surface area contributed by atoms with Crippen molar-refractivity contribution in [1.29, 1.82) is 0 Å². The van der Waals surface area contributed by atoms with E-state index < -0.39 is 0 Å². The second-order valence-corrected chi connectivity index (χ2v) is 5.25. The number of piperazine rings is 1. The molecule has 1 aromatic rings.